The van der Waals surface area contributed by atoms with Gasteiger partial charge in [0.25, 0.3) is 0 Å². The summed E-state index contributed by atoms with van der Waals surface area (Å²) in [6, 6.07) is 3.57. The number of nitrogens with zero attached hydrogens (tertiary/aromatic N) is 1. The number of rotatable bonds is 4. The van der Waals surface area contributed by atoms with Crippen LogP contribution >= 0.6 is 0 Å². The van der Waals surface area contributed by atoms with Gasteiger partial charge in [0, 0.05) is 43.1 Å². The number of benzene rings is 1. The molecule has 2 heterocycles. The van der Waals surface area contributed by atoms with E-state index in [1.807, 2.05) is 6.07 Å². The molecule has 1 aliphatic heterocycles. The van der Waals surface area contributed by atoms with Crippen molar-refractivity contribution in [1.82, 2.24) is 4.90 Å². The second kappa shape index (κ2) is 9.22. The van der Waals surface area contributed by atoms with E-state index >= 15 is 0 Å². The third-order valence-corrected chi connectivity index (χ3v) is 8.81. The minimum atomic E-state index is -2.67. The number of hydrogen-bond acceptors (Lipinski definition) is 10. The number of phenolic OH excluding ortho intramolecular Hbond substituents is 1. The highest BCUT2D eigenvalue weighted by atomic mass is 16.5. The molecule has 11 heteroatoms. The van der Waals surface area contributed by atoms with Crippen LogP contribution in [0.15, 0.2) is 29.1 Å². The largest absolute Gasteiger partial charge is 0.507 e. The molecule has 0 radical (unpaired) electrons. The molecule has 4 N–H and O–H groups in total. The van der Waals surface area contributed by atoms with Gasteiger partial charge in [-0.3, -0.25) is 28.9 Å². The van der Waals surface area contributed by atoms with Crippen LogP contribution in [-0.4, -0.2) is 76.1 Å². The number of furan rings is 1. The Morgan fingerprint density at radius 2 is 1.87 bits per heavy atom. The van der Waals surface area contributed by atoms with Crippen LogP contribution in [0.5, 0.6) is 5.75 Å². The van der Waals surface area contributed by atoms with Crippen molar-refractivity contribution < 1.29 is 43.3 Å². The van der Waals surface area contributed by atoms with Gasteiger partial charge >= 0.3 is 0 Å². The molecular formula is C28H28N2O9. The maximum Gasteiger partial charge on any atom is 0.235 e. The standard InChI is InChI=1S/C28H28N2O9/c29-27(36)22-19(31)10-16-7-14-8-18-17(13-1-4-39-12-13)9-15(11-30-2-5-38-6-3-30)23(32)21(18)24(33)20(14)25(34)28(16,37)26(22)35/h1,4,9,12,14,16,20,22,32,37H,2-3,5-8,10-11H2,(H2,29,36)/t14-,16+,20?,22?,28+/m1/s1. The fraction of sp³-hybridized carbons (Fsp3) is 0.464. The number of ketones is 4. The van der Waals surface area contributed by atoms with Gasteiger partial charge in [0.15, 0.2) is 34.7 Å². The van der Waals surface area contributed by atoms with Crippen LogP contribution in [0.4, 0.5) is 0 Å². The number of carbonyl (C=O) groups excluding carboxylic acids is 5. The summed E-state index contributed by atoms with van der Waals surface area (Å²) in [6.07, 6.45) is 2.92. The molecule has 2 aromatic rings. The maximum absolute atomic E-state index is 14.0. The van der Waals surface area contributed by atoms with E-state index in [0.717, 1.165) is 0 Å². The molecule has 0 bridgehead atoms. The number of ether oxygens (including phenoxy) is 1. The Bertz CT molecular complexity index is 1410. The van der Waals surface area contributed by atoms with Gasteiger partial charge in [-0.2, -0.15) is 0 Å². The monoisotopic (exact) mass is 536 g/mol. The second-order valence-corrected chi connectivity index (χ2v) is 10.9. The van der Waals surface area contributed by atoms with Crippen LogP contribution in [0.25, 0.3) is 11.1 Å². The van der Waals surface area contributed by atoms with Crippen LogP contribution in [0.3, 0.4) is 0 Å². The summed E-state index contributed by atoms with van der Waals surface area (Å²) in [4.78, 5) is 67.4. The zero-order chi connectivity index (χ0) is 27.6. The minimum absolute atomic E-state index is 0.0144. The summed E-state index contributed by atoms with van der Waals surface area (Å²) in [7, 11) is 0. The summed E-state index contributed by atoms with van der Waals surface area (Å²) in [6.45, 7) is 2.71. The third-order valence-electron chi connectivity index (χ3n) is 8.81. The zero-order valence-corrected chi connectivity index (χ0v) is 21.1. The van der Waals surface area contributed by atoms with E-state index in [1.165, 1.54) is 12.5 Å². The van der Waals surface area contributed by atoms with Gasteiger partial charge in [0.2, 0.25) is 5.91 Å². The van der Waals surface area contributed by atoms with Gasteiger partial charge in [0.05, 0.1) is 37.2 Å². The molecule has 4 aliphatic rings. The van der Waals surface area contributed by atoms with Crippen LogP contribution in [0, 0.1) is 23.7 Å². The van der Waals surface area contributed by atoms with Crippen molar-refractivity contribution in [3.05, 3.63) is 41.3 Å². The van der Waals surface area contributed by atoms with E-state index in [-0.39, 0.29) is 30.6 Å². The first kappa shape index (κ1) is 25.6. The number of primary amides is 1. The fourth-order valence-corrected chi connectivity index (χ4v) is 6.89. The number of Topliss-reactive ketones (excluding diaryl/α,β-unsaturated/α-hetero) is 4. The van der Waals surface area contributed by atoms with Crippen molar-refractivity contribution in [3.8, 4) is 16.9 Å². The van der Waals surface area contributed by atoms with Crippen LogP contribution in [0.1, 0.15) is 34.3 Å². The molecular weight excluding hydrogens is 508 g/mol. The lowest BCUT2D eigenvalue weighted by Crippen LogP contribution is -2.68. The number of carbonyl (C=O) groups is 5. The maximum atomic E-state index is 14.0. The van der Waals surface area contributed by atoms with Gasteiger partial charge in [-0.1, -0.05) is 0 Å². The quantitative estimate of drug-likeness (QED) is 0.464. The Labute approximate surface area is 222 Å². The molecule has 39 heavy (non-hydrogen) atoms. The molecule has 0 spiro atoms. The number of hydrogen-bond donors (Lipinski definition) is 3. The summed E-state index contributed by atoms with van der Waals surface area (Å²) < 4.78 is 10.7. The Hall–Kier alpha value is -3.67. The highest BCUT2D eigenvalue weighted by molar-refractivity contribution is 6.31. The Kier molecular flexibility index (Phi) is 6.05. The van der Waals surface area contributed by atoms with Gasteiger partial charge in [0.1, 0.15) is 5.75 Å². The predicted octanol–water partition coefficient (Wildman–Crippen LogP) is 0.419. The van der Waals surface area contributed by atoms with Crippen LogP contribution in [0.2, 0.25) is 0 Å². The number of phenols is 1. The van der Waals surface area contributed by atoms with Crippen molar-refractivity contribution in [3.63, 3.8) is 0 Å². The van der Waals surface area contributed by atoms with E-state index in [1.54, 1.807) is 6.07 Å². The zero-order valence-electron chi connectivity index (χ0n) is 21.1. The lowest BCUT2D eigenvalue weighted by atomic mass is 9.53. The van der Waals surface area contributed by atoms with E-state index in [2.05, 4.69) is 4.90 Å². The molecule has 2 unspecified atom stereocenters. The molecule has 3 aliphatic carbocycles. The summed E-state index contributed by atoms with van der Waals surface area (Å²) in [5.41, 5.74) is 4.99. The molecule has 11 nitrogen and oxygen atoms in total. The highest BCUT2D eigenvalue weighted by Crippen LogP contribution is 2.51. The molecule has 1 aromatic carbocycles. The summed E-state index contributed by atoms with van der Waals surface area (Å²) in [5.74, 6) is -10.2. The van der Waals surface area contributed by atoms with Crippen LogP contribution < -0.4 is 5.73 Å². The van der Waals surface area contributed by atoms with E-state index in [4.69, 9.17) is 14.9 Å². The third kappa shape index (κ3) is 3.79. The van der Waals surface area contributed by atoms with Crippen molar-refractivity contribution in [2.24, 2.45) is 29.4 Å². The lowest BCUT2D eigenvalue weighted by molar-refractivity contribution is -0.175. The van der Waals surface area contributed by atoms with Gasteiger partial charge in [-0.05, 0) is 42.0 Å². The number of aromatic hydroxyl groups is 1. The fourth-order valence-electron chi connectivity index (χ4n) is 6.89. The Balaban J connectivity index is 1.45. The Morgan fingerprint density at radius 3 is 2.54 bits per heavy atom. The first-order chi connectivity index (χ1) is 18.6. The van der Waals surface area contributed by atoms with Gasteiger partial charge < -0.3 is 25.1 Å². The van der Waals surface area contributed by atoms with Crippen molar-refractivity contribution in [2.75, 3.05) is 26.3 Å². The van der Waals surface area contributed by atoms with Crippen molar-refractivity contribution in [2.45, 2.75) is 31.4 Å². The number of nitrogens with two attached hydrogens (primary N) is 1. The first-order valence-corrected chi connectivity index (χ1v) is 13.0. The number of aliphatic hydroxyl groups is 1. The Morgan fingerprint density at radius 1 is 1.13 bits per heavy atom. The molecule has 5 atom stereocenters. The van der Waals surface area contributed by atoms with E-state index < -0.39 is 58.3 Å². The molecule has 3 fully saturated rings. The summed E-state index contributed by atoms with van der Waals surface area (Å²) in [5, 5.41) is 22.8. The number of morpholine rings is 1. The van der Waals surface area contributed by atoms with Gasteiger partial charge in [-0.25, -0.2) is 0 Å². The second-order valence-electron chi connectivity index (χ2n) is 10.9. The topological polar surface area (TPSA) is 177 Å². The number of amides is 1. The van der Waals surface area contributed by atoms with Gasteiger partial charge in [-0.15, -0.1) is 0 Å². The van der Waals surface area contributed by atoms with Crippen LogP contribution in [-0.2, 0) is 36.9 Å². The summed E-state index contributed by atoms with van der Waals surface area (Å²) >= 11 is 0. The molecule has 2 saturated carbocycles. The average molecular weight is 537 g/mol. The lowest BCUT2D eigenvalue weighted by Gasteiger charge is -2.48. The van der Waals surface area contributed by atoms with Crippen molar-refractivity contribution in [1.29, 1.82) is 0 Å². The highest BCUT2D eigenvalue weighted by Gasteiger charge is 2.66. The SMILES string of the molecule is NC(=O)C1C(=O)C[C@@H]2C[C@@H]3Cc4c(-c5ccoc5)cc(CN5CCOCC5)c(O)c4C(=O)C3C(=O)[C@]2(O)C1=O. The number of fused-ring (bicyclic) bond motifs is 3. The average Bonchev–Trinajstić information content (AvgIpc) is 3.43. The normalized spacial score (nSPS) is 31.0. The first-order valence-electron chi connectivity index (χ1n) is 13.0. The minimum Gasteiger partial charge on any atom is -0.507 e. The van der Waals surface area contributed by atoms with Crippen molar-refractivity contribution >= 4 is 29.0 Å². The molecule has 1 amide bonds. The van der Waals surface area contributed by atoms with E-state index in [0.29, 0.717) is 55.1 Å². The molecule has 6 rings (SSSR count). The smallest absolute Gasteiger partial charge is 0.235 e. The van der Waals surface area contributed by atoms with E-state index in [9.17, 15) is 34.2 Å². The molecule has 1 saturated heterocycles. The predicted molar refractivity (Wildman–Crippen MR) is 132 cm³/mol. The molecule has 1 aromatic heterocycles. The molecule has 204 valence electrons.